The van der Waals surface area contributed by atoms with Crippen LogP contribution >= 0.6 is 23.2 Å². The molecular weight excluding hydrogens is 393 g/mol. The number of amides is 1. The lowest BCUT2D eigenvalue weighted by Gasteiger charge is -2.12. The molecule has 0 aliphatic carbocycles. The average molecular weight is 406 g/mol. The Balaban J connectivity index is 1.82. The van der Waals surface area contributed by atoms with Gasteiger partial charge in [-0.1, -0.05) is 35.3 Å². The first kappa shape index (κ1) is 18.9. The Bertz CT molecular complexity index is 1060. The van der Waals surface area contributed by atoms with Gasteiger partial charge in [-0.3, -0.25) is 14.9 Å². The fourth-order valence-corrected chi connectivity index (χ4v) is 3.06. The van der Waals surface area contributed by atoms with Crippen molar-refractivity contribution in [3.05, 3.63) is 68.3 Å². The van der Waals surface area contributed by atoms with E-state index in [1.807, 2.05) is 0 Å². The zero-order valence-electron chi connectivity index (χ0n) is 14.0. The number of hydrogen-bond donors (Lipinski definition) is 1. The lowest BCUT2D eigenvalue weighted by atomic mass is 10.2. The summed E-state index contributed by atoms with van der Waals surface area (Å²) < 4.78 is 5.56. The number of nitro benzene ring substituents is 1. The summed E-state index contributed by atoms with van der Waals surface area (Å²) >= 11 is 12.4. The molecule has 0 atom stereocenters. The molecule has 0 aliphatic rings. The summed E-state index contributed by atoms with van der Waals surface area (Å²) in [4.78, 5) is 27.0. The molecule has 3 aromatic rings. The molecule has 1 amide bonds. The SMILES string of the molecule is Cc1ccc2c(Cl)cc(Cl)c(OCC(=O)Nc3ccccc3[N+](=O)[O-])c2n1. The number of carbonyl (C=O) groups is 1. The fourth-order valence-electron chi connectivity index (χ4n) is 2.49. The van der Waals surface area contributed by atoms with E-state index in [-0.39, 0.29) is 22.1 Å². The van der Waals surface area contributed by atoms with Gasteiger partial charge in [0.1, 0.15) is 11.2 Å². The number of hydrogen-bond acceptors (Lipinski definition) is 5. The standard InChI is InChI=1S/C18H13Cl2N3O4/c1-10-6-7-11-12(19)8-13(20)18(17(11)21-10)27-9-16(24)22-14-4-2-3-5-15(14)23(25)26/h2-8H,9H2,1H3,(H,22,24). The van der Waals surface area contributed by atoms with E-state index < -0.39 is 17.4 Å². The normalized spacial score (nSPS) is 10.6. The van der Waals surface area contributed by atoms with Crippen molar-refractivity contribution in [1.82, 2.24) is 4.98 Å². The number of fused-ring (bicyclic) bond motifs is 1. The van der Waals surface area contributed by atoms with Crippen LogP contribution in [-0.4, -0.2) is 22.4 Å². The van der Waals surface area contributed by atoms with Gasteiger partial charge in [0.2, 0.25) is 0 Å². The second-order valence-corrected chi connectivity index (χ2v) is 6.44. The quantitative estimate of drug-likeness (QED) is 0.486. The predicted octanol–water partition coefficient (Wildman–Crippen LogP) is 4.78. The minimum absolute atomic E-state index is 0.0807. The van der Waals surface area contributed by atoms with E-state index in [0.717, 1.165) is 5.69 Å². The number of rotatable bonds is 5. The number of para-hydroxylation sites is 2. The third-order valence-corrected chi connectivity index (χ3v) is 4.29. The first-order chi connectivity index (χ1) is 12.9. The molecule has 1 N–H and O–H groups in total. The molecule has 0 unspecified atom stereocenters. The molecule has 0 fully saturated rings. The van der Waals surface area contributed by atoms with Crippen molar-refractivity contribution in [2.24, 2.45) is 0 Å². The van der Waals surface area contributed by atoms with Gasteiger partial charge in [-0.2, -0.15) is 0 Å². The van der Waals surface area contributed by atoms with Crippen molar-refractivity contribution in [2.75, 3.05) is 11.9 Å². The van der Waals surface area contributed by atoms with Gasteiger partial charge in [0, 0.05) is 17.1 Å². The zero-order valence-corrected chi connectivity index (χ0v) is 15.5. The molecular formula is C18H13Cl2N3O4. The van der Waals surface area contributed by atoms with Gasteiger partial charge >= 0.3 is 0 Å². The monoisotopic (exact) mass is 405 g/mol. The van der Waals surface area contributed by atoms with Crippen LogP contribution in [0.3, 0.4) is 0 Å². The van der Waals surface area contributed by atoms with Gasteiger partial charge in [-0.05, 0) is 31.2 Å². The summed E-state index contributed by atoms with van der Waals surface area (Å²) in [5.74, 6) is -0.353. The molecule has 0 bridgehead atoms. The lowest BCUT2D eigenvalue weighted by molar-refractivity contribution is -0.383. The first-order valence-corrected chi connectivity index (χ1v) is 8.54. The van der Waals surface area contributed by atoms with Gasteiger partial charge in [0.15, 0.2) is 12.4 Å². The summed E-state index contributed by atoms with van der Waals surface area (Å²) in [6.45, 7) is 1.40. The summed E-state index contributed by atoms with van der Waals surface area (Å²) in [6, 6.07) is 10.9. The van der Waals surface area contributed by atoms with Crippen LogP contribution in [0.2, 0.25) is 10.0 Å². The van der Waals surface area contributed by atoms with Crippen molar-refractivity contribution in [3.63, 3.8) is 0 Å². The van der Waals surface area contributed by atoms with E-state index in [1.54, 1.807) is 25.1 Å². The Kier molecular flexibility index (Phi) is 5.43. The predicted molar refractivity (Wildman–Crippen MR) is 104 cm³/mol. The van der Waals surface area contributed by atoms with Gasteiger partial charge in [0.25, 0.3) is 11.6 Å². The molecule has 1 aromatic heterocycles. The average Bonchev–Trinajstić information content (AvgIpc) is 2.61. The third-order valence-electron chi connectivity index (χ3n) is 3.70. The Morgan fingerprint density at radius 2 is 1.96 bits per heavy atom. The van der Waals surface area contributed by atoms with Crippen molar-refractivity contribution >= 4 is 51.4 Å². The summed E-state index contributed by atoms with van der Waals surface area (Å²) in [6.07, 6.45) is 0. The highest BCUT2D eigenvalue weighted by atomic mass is 35.5. The Hall–Kier alpha value is -2.90. The van der Waals surface area contributed by atoms with Crippen molar-refractivity contribution in [1.29, 1.82) is 0 Å². The number of nitrogens with zero attached hydrogens (tertiary/aromatic N) is 2. The molecule has 138 valence electrons. The van der Waals surface area contributed by atoms with E-state index in [1.165, 1.54) is 24.3 Å². The molecule has 3 rings (SSSR count). The van der Waals surface area contributed by atoms with Crippen LogP contribution in [0.1, 0.15) is 5.69 Å². The highest BCUT2D eigenvalue weighted by Gasteiger charge is 2.17. The number of anilines is 1. The highest BCUT2D eigenvalue weighted by Crippen LogP contribution is 2.37. The number of carbonyl (C=O) groups excluding carboxylic acids is 1. The van der Waals surface area contributed by atoms with Gasteiger partial charge < -0.3 is 10.1 Å². The molecule has 27 heavy (non-hydrogen) atoms. The van der Waals surface area contributed by atoms with E-state index in [4.69, 9.17) is 27.9 Å². The number of nitrogens with one attached hydrogen (secondary N) is 1. The number of benzene rings is 2. The highest BCUT2D eigenvalue weighted by molar-refractivity contribution is 6.39. The van der Waals surface area contributed by atoms with E-state index >= 15 is 0 Å². The van der Waals surface area contributed by atoms with Crippen molar-refractivity contribution in [2.45, 2.75) is 6.92 Å². The number of pyridine rings is 1. The molecule has 0 spiro atoms. The van der Waals surface area contributed by atoms with E-state index in [9.17, 15) is 14.9 Å². The molecule has 0 saturated carbocycles. The summed E-state index contributed by atoms with van der Waals surface area (Å²) in [7, 11) is 0. The third kappa shape index (κ3) is 4.10. The van der Waals surface area contributed by atoms with Crippen LogP contribution in [0.15, 0.2) is 42.5 Å². The van der Waals surface area contributed by atoms with E-state index in [2.05, 4.69) is 10.3 Å². The Labute approximate surface area is 164 Å². The number of aromatic nitrogens is 1. The van der Waals surface area contributed by atoms with Crippen molar-refractivity contribution < 1.29 is 14.5 Å². The van der Waals surface area contributed by atoms with Gasteiger partial charge in [-0.25, -0.2) is 4.98 Å². The van der Waals surface area contributed by atoms with Crippen LogP contribution in [-0.2, 0) is 4.79 Å². The minimum Gasteiger partial charge on any atom is -0.480 e. The number of halogens is 2. The molecule has 0 saturated heterocycles. The molecule has 1 heterocycles. The summed E-state index contributed by atoms with van der Waals surface area (Å²) in [5.41, 5.74) is 1.04. The largest absolute Gasteiger partial charge is 0.480 e. The smallest absolute Gasteiger partial charge is 0.292 e. The number of nitro groups is 1. The number of aryl methyl sites for hydroxylation is 1. The maximum Gasteiger partial charge on any atom is 0.292 e. The molecule has 7 nitrogen and oxygen atoms in total. The second-order valence-electron chi connectivity index (χ2n) is 5.63. The minimum atomic E-state index is -0.577. The van der Waals surface area contributed by atoms with Crippen LogP contribution < -0.4 is 10.1 Å². The van der Waals surface area contributed by atoms with Crippen LogP contribution in [0.5, 0.6) is 5.75 Å². The van der Waals surface area contributed by atoms with Gasteiger partial charge in [-0.15, -0.1) is 0 Å². The lowest BCUT2D eigenvalue weighted by Crippen LogP contribution is -2.21. The van der Waals surface area contributed by atoms with Crippen LogP contribution in [0, 0.1) is 17.0 Å². The maximum absolute atomic E-state index is 12.2. The molecule has 0 radical (unpaired) electrons. The number of ether oxygens (including phenoxy) is 1. The van der Waals surface area contributed by atoms with E-state index in [0.29, 0.717) is 15.9 Å². The van der Waals surface area contributed by atoms with Crippen LogP contribution in [0.25, 0.3) is 10.9 Å². The molecule has 2 aromatic carbocycles. The van der Waals surface area contributed by atoms with Gasteiger partial charge in [0.05, 0.1) is 15.0 Å². The fraction of sp³-hybridized carbons (Fsp3) is 0.111. The zero-order chi connectivity index (χ0) is 19.6. The Morgan fingerprint density at radius 3 is 2.70 bits per heavy atom. The first-order valence-electron chi connectivity index (χ1n) is 7.78. The Morgan fingerprint density at radius 1 is 1.22 bits per heavy atom. The molecule has 9 heteroatoms. The van der Waals surface area contributed by atoms with Crippen LogP contribution in [0.4, 0.5) is 11.4 Å². The summed E-state index contributed by atoms with van der Waals surface area (Å²) in [5, 5.41) is 14.7. The maximum atomic E-state index is 12.2. The topological polar surface area (TPSA) is 94.4 Å². The molecule has 0 aliphatic heterocycles. The van der Waals surface area contributed by atoms with Crippen molar-refractivity contribution in [3.8, 4) is 5.75 Å². The second kappa shape index (κ2) is 7.77.